The third-order valence-corrected chi connectivity index (χ3v) is 2.77. The van der Waals surface area contributed by atoms with Crippen molar-refractivity contribution >= 4 is 34.2 Å². The Morgan fingerprint density at radius 3 is 2.76 bits per heavy atom. The Labute approximate surface area is 103 Å². The van der Waals surface area contributed by atoms with E-state index in [2.05, 4.69) is 15.0 Å². The Morgan fingerprint density at radius 2 is 2.18 bits per heavy atom. The average Bonchev–Trinajstić information content (AvgIpc) is 2.65. The fourth-order valence-corrected chi connectivity index (χ4v) is 1.86. The molecule has 6 N–H and O–H groups in total. The summed E-state index contributed by atoms with van der Waals surface area (Å²) in [6.07, 6.45) is 0.867. The standard InChI is InChI=1S/C9H15N5O2S/c1-2-3-12-5(15)4-13-9-6(8(11)16)7(10)14-17-9/h13H,2-4H2,1H3,(H2,10,14)(H2,11,16)(H,12,15). The summed E-state index contributed by atoms with van der Waals surface area (Å²) in [4.78, 5) is 22.4. The number of aromatic nitrogens is 1. The van der Waals surface area contributed by atoms with Crippen molar-refractivity contribution in [3.05, 3.63) is 5.56 Å². The Morgan fingerprint density at radius 1 is 1.47 bits per heavy atom. The Kier molecular flexibility index (Phi) is 4.70. The van der Waals surface area contributed by atoms with E-state index in [4.69, 9.17) is 11.5 Å². The van der Waals surface area contributed by atoms with Gasteiger partial charge in [0, 0.05) is 6.54 Å². The Bertz CT molecular complexity index is 418. The van der Waals surface area contributed by atoms with Crippen molar-refractivity contribution < 1.29 is 9.59 Å². The van der Waals surface area contributed by atoms with Gasteiger partial charge in [-0.3, -0.25) is 9.59 Å². The van der Waals surface area contributed by atoms with Gasteiger partial charge < -0.3 is 22.1 Å². The number of carbonyl (C=O) groups is 2. The Hall–Kier alpha value is -1.83. The minimum Gasteiger partial charge on any atom is -0.382 e. The number of rotatable bonds is 6. The van der Waals surface area contributed by atoms with Crippen LogP contribution in [-0.4, -0.2) is 29.3 Å². The van der Waals surface area contributed by atoms with Gasteiger partial charge in [0.05, 0.1) is 6.54 Å². The minimum atomic E-state index is -0.660. The van der Waals surface area contributed by atoms with Crippen LogP contribution in [0.2, 0.25) is 0 Å². The van der Waals surface area contributed by atoms with Gasteiger partial charge in [0.15, 0.2) is 5.82 Å². The summed E-state index contributed by atoms with van der Waals surface area (Å²) in [5, 5.41) is 5.90. The third-order valence-electron chi connectivity index (χ3n) is 1.95. The molecular formula is C9H15N5O2S. The van der Waals surface area contributed by atoms with Crippen molar-refractivity contribution in [2.75, 3.05) is 24.1 Å². The van der Waals surface area contributed by atoms with Crippen molar-refractivity contribution in [2.45, 2.75) is 13.3 Å². The number of nitrogens with zero attached hydrogens (tertiary/aromatic N) is 1. The molecule has 0 radical (unpaired) electrons. The molecule has 0 aliphatic heterocycles. The lowest BCUT2D eigenvalue weighted by molar-refractivity contribution is -0.119. The summed E-state index contributed by atoms with van der Waals surface area (Å²) in [7, 11) is 0. The molecule has 2 amide bonds. The predicted molar refractivity (Wildman–Crippen MR) is 66.8 cm³/mol. The molecular weight excluding hydrogens is 242 g/mol. The second kappa shape index (κ2) is 6.04. The van der Waals surface area contributed by atoms with E-state index in [1.807, 2.05) is 6.92 Å². The zero-order valence-corrected chi connectivity index (χ0v) is 10.3. The molecule has 0 fully saturated rings. The smallest absolute Gasteiger partial charge is 0.255 e. The van der Waals surface area contributed by atoms with Crippen LogP contribution in [0.3, 0.4) is 0 Å². The van der Waals surface area contributed by atoms with E-state index in [9.17, 15) is 9.59 Å². The molecule has 0 aliphatic rings. The van der Waals surface area contributed by atoms with Gasteiger partial charge in [-0.1, -0.05) is 6.92 Å². The molecule has 1 heterocycles. The first-order valence-corrected chi connectivity index (χ1v) is 5.89. The molecule has 1 aromatic rings. The number of primary amides is 1. The molecule has 0 atom stereocenters. The van der Waals surface area contributed by atoms with Gasteiger partial charge in [0.1, 0.15) is 10.6 Å². The molecule has 0 saturated carbocycles. The van der Waals surface area contributed by atoms with Gasteiger partial charge in [0.2, 0.25) is 5.91 Å². The lowest BCUT2D eigenvalue weighted by Gasteiger charge is -2.05. The number of nitrogens with one attached hydrogen (secondary N) is 2. The van der Waals surface area contributed by atoms with Crippen molar-refractivity contribution in [3.63, 3.8) is 0 Å². The molecule has 94 valence electrons. The number of carbonyl (C=O) groups excluding carboxylic acids is 2. The van der Waals surface area contributed by atoms with Crippen LogP contribution in [0.1, 0.15) is 23.7 Å². The second-order valence-electron chi connectivity index (χ2n) is 3.34. The monoisotopic (exact) mass is 257 g/mol. The number of nitrogen functional groups attached to an aromatic ring is 1. The van der Waals surface area contributed by atoms with Crippen LogP contribution in [0.4, 0.5) is 10.8 Å². The quantitative estimate of drug-likeness (QED) is 0.560. The number of nitrogens with two attached hydrogens (primary N) is 2. The van der Waals surface area contributed by atoms with E-state index in [1.165, 1.54) is 0 Å². The fourth-order valence-electron chi connectivity index (χ4n) is 1.15. The van der Waals surface area contributed by atoms with Gasteiger partial charge >= 0.3 is 0 Å². The topological polar surface area (TPSA) is 123 Å². The van der Waals surface area contributed by atoms with Crippen LogP contribution >= 0.6 is 11.5 Å². The molecule has 0 aliphatic carbocycles. The summed E-state index contributed by atoms with van der Waals surface area (Å²) in [6.45, 7) is 2.64. The maximum atomic E-state index is 11.3. The number of anilines is 2. The molecule has 17 heavy (non-hydrogen) atoms. The van der Waals surface area contributed by atoms with E-state index in [-0.39, 0.29) is 23.8 Å². The van der Waals surface area contributed by atoms with Gasteiger partial charge in [0.25, 0.3) is 5.91 Å². The lowest BCUT2D eigenvalue weighted by atomic mass is 10.3. The molecule has 0 bridgehead atoms. The molecule has 0 spiro atoms. The molecule has 7 nitrogen and oxygen atoms in total. The zero-order valence-electron chi connectivity index (χ0n) is 9.45. The van der Waals surface area contributed by atoms with Crippen molar-refractivity contribution in [1.29, 1.82) is 0 Å². The fraction of sp³-hybridized carbons (Fsp3) is 0.444. The SMILES string of the molecule is CCCNC(=O)CNc1snc(N)c1C(N)=O. The number of hydrogen-bond acceptors (Lipinski definition) is 6. The predicted octanol–water partition coefficient (Wildman–Crippen LogP) is -0.238. The molecule has 1 aromatic heterocycles. The second-order valence-corrected chi connectivity index (χ2v) is 4.11. The van der Waals surface area contributed by atoms with Crippen LogP contribution in [0.25, 0.3) is 0 Å². The average molecular weight is 257 g/mol. The highest BCUT2D eigenvalue weighted by molar-refractivity contribution is 7.11. The van der Waals surface area contributed by atoms with Gasteiger partial charge in [-0.15, -0.1) is 0 Å². The van der Waals surface area contributed by atoms with Crippen molar-refractivity contribution in [2.24, 2.45) is 5.73 Å². The van der Waals surface area contributed by atoms with E-state index in [1.54, 1.807) is 0 Å². The van der Waals surface area contributed by atoms with Gasteiger partial charge in [-0.25, -0.2) is 0 Å². The molecule has 0 saturated heterocycles. The highest BCUT2D eigenvalue weighted by atomic mass is 32.1. The summed E-state index contributed by atoms with van der Waals surface area (Å²) >= 11 is 1.00. The normalized spacial score (nSPS) is 9.94. The van der Waals surface area contributed by atoms with Crippen LogP contribution in [0.15, 0.2) is 0 Å². The first-order chi connectivity index (χ1) is 8.06. The maximum Gasteiger partial charge on any atom is 0.255 e. The van der Waals surface area contributed by atoms with E-state index >= 15 is 0 Å². The van der Waals surface area contributed by atoms with E-state index < -0.39 is 5.91 Å². The minimum absolute atomic E-state index is 0.0575. The maximum absolute atomic E-state index is 11.3. The lowest BCUT2D eigenvalue weighted by Crippen LogP contribution is -2.30. The number of amides is 2. The van der Waals surface area contributed by atoms with Crippen LogP contribution in [0.5, 0.6) is 0 Å². The van der Waals surface area contributed by atoms with Crippen LogP contribution < -0.4 is 22.1 Å². The first kappa shape index (κ1) is 13.2. The molecule has 8 heteroatoms. The molecule has 0 aromatic carbocycles. The van der Waals surface area contributed by atoms with Crippen LogP contribution in [-0.2, 0) is 4.79 Å². The first-order valence-electron chi connectivity index (χ1n) is 5.11. The summed E-state index contributed by atoms with van der Waals surface area (Å²) in [6, 6.07) is 0. The van der Waals surface area contributed by atoms with Crippen molar-refractivity contribution in [1.82, 2.24) is 9.69 Å². The van der Waals surface area contributed by atoms with E-state index in [0.29, 0.717) is 11.5 Å². The van der Waals surface area contributed by atoms with E-state index in [0.717, 1.165) is 18.0 Å². The van der Waals surface area contributed by atoms with Gasteiger partial charge in [-0.05, 0) is 18.0 Å². The largest absolute Gasteiger partial charge is 0.382 e. The summed E-state index contributed by atoms with van der Waals surface area (Å²) in [5.41, 5.74) is 10.8. The molecule has 1 rings (SSSR count). The number of hydrogen-bond donors (Lipinski definition) is 4. The highest BCUT2D eigenvalue weighted by Gasteiger charge is 2.16. The van der Waals surface area contributed by atoms with Crippen molar-refractivity contribution in [3.8, 4) is 0 Å². The molecule has 0 unspecified atom stereocenters. The zero-order chi connectivity index (χ0) is 12.8. The third kappa shape index (κ3) is 3.59. The van der Waals surface area contributed by atoms with Gasteiger partial charge in [-0.2, -0.15) is 4.37 Å². The van der Waals surface area contributed by atoms with Crippen LogP contribution in [0, 0.1) is 0 Å². The summed E-state index contributed by atoms with van der Waals surface area (Å²) in [5.74, 6) is -0.735. The Balaban J connectivity index is 2.58. The summed E-state index contributed by atoms with van der Waals surface area (Å²) < 4.78 is 3.80. The highest BCUT2D eigenvalue weighted by Crippen LogP contribution is 2.25.